The summed E-state index contributed by atoms with van der Waals surface area (Å²) in [5, 5.41) is 24.5. The van der Waals surface area contributed by atoms with E-state index in [0.717, 1.165) is 22.2 Å². The van der Waals surface area contributed by atoms with Gasteiger partial charge in [-0.15, -0.1) is 0 Å². The number of carbonyl (C=O) groups excluding carboxylic acids is 1. The highest BCUT2D eigenvalue weighted by atomic mass is 16.5. The van der Waals surface area contributed by atoms with Crippen molar-refractivity contribution in [2.45, 2.75) is 25.4 Å². The van der Waals surface area contributed by atoms with Crippen LogP contribution in [0.5, 0.6) is 11.5 Å². The Kier molecular flexibility index (Phi) is 4.05. The van der Waals surface area contributed by atoms with Crippen LogP contribution in [-0.2, 0) is 16.0 Å². The molecule has 0 radical (unpaired) electrons. The van der Waals surface area contributed by atoms with Gasteiger partial charge in [-0.05, 0) is 36.8 Å². The molecule has 4 N–H and O–H groups in total. The fourth-order valence-electron chi connectivity index (χ4n) is 3.65. The minimum Gasteiger partial charge on any atom is -0.508 e. The Morgan fingerprint density at radius 1 is 1.23 bits per heavy atom. The van der Waals surface area contributed by atoms with E-state index in [1.807, 2.05) is 24.3 Å². The zero-order valence-electron chi connectivity index (χ0n) is 14.3. The van der Waals surface area contributed by atoms with Crippen LogP contribution >= 0.6 is 0 Å². The Balaban J connectivity index is 1.87. The van der Waals surface area contributed by atoms with Gasteiger partial charge in [0, 0.05) is 28.6 Å². The predicted molar refractivity (Wildman–Crippen MR) is 97.2 cm³/mol. The van der Waals surface area contributed by atoms with Crippen molar-refractivity contribution in [3.63, 3.8) is 0 Å². The summed E-state index contributed by atoms with van der Waals surface area (Å²) in [5.41, 5.74) is 3.37. The summed E-state index contributed by atoms with van der Waals surface area (Å²) in [6, 6.07) is 11.3. The maximum Gasteiger partial charge on any atom is 0.323 e. The van der Waals surface area contributed by atoms with E-state index >= 15 is 0 Å². The topological polar surface area (TPSA) is 94.6 Å². The van der Waals surface area contributed by atoms with Gasteiger partial charge in [0.1, 0.15) is 17.5 Å². The van der Waals surface area contributed by atoms with Gasteiger partial charge >= 0.3 is 5.97 Å². The molecule has 0 bridgehead atoms. The van der Waals surface area contributed by atoms with E-state index in [4.69, 9.17) is 4.74 Å². The van der Waals surface area contributed by atoms with Crippen LogP contribution in [0.1, 0.15) is 29.8 Å². The van der Waals surface area contributed by atoms with Crippen molar-refractivity contribution in [1.29, 1.82) is 0 Å². The minimum atomic E-state index is -0.534. The molecule has 1 unspecified atom stereocenters. The van der Waals surface area contributed by atoms with Crippen molar-refractivity contribution in [2.24, 2.45) is 0 Å². The molecule has 4 rings (SSSR count). The van der Waals surface area contributed by atoms with E-state index in [2.05, 4.69) is 10.3 Å². The number of fused-ring (bicyclic) bond motifs is 3. The summed E-state index contributed by atoms with van der Waals surface area (Å²) in [4.78, 5) is 15.8. The molecule has 0 spiro atoms. The Hall–Kier alpha value is -2.99. The summed E-state index contributed by atoms with van der Waals surface area (Å²) in [6.07, 6.45) is 0.494. The highest BCUT2D eigenvalue weighted by Crippen LogP contribution is 2.39. The van der Waals surface area contributed by atoms with Crippen LogP contribution in [0.3, 0.4) is 0 Å². The predicted octanol–water partition coefficient (Wildman–Crippen LogP) is 2.75. The second-order valence-electron chi connectivity index (χ2n) is 6.41. The first kappa shape index (κ1) is 16.5. The number of hydrogen-bond acceptors (Lipinski definition) is 5. The second kappa shape index (κ2) is 6.38. The molecule has 1 aliphatic heterocycles. The number of phenolic OH excluding ortho intramolecular Hbond substituents is 2. The van der Waals surface area contributed by atoms with Gasteiger partial charge in [-0.2, -0.15) is 0 Å². The molecule has 0 saturated carbocycles. The Morgan fingerprint density at radius 2 is 2.04 bits per heavy atom. The minimum absolute atomic E-state index is 0.0504. The van der Waals surface area contributed by atoms with Crippen LogP contribution in [0.2, 0.25) is 0 Å². The lowest BCUT2D eigenvalue weighted by Crippen LogP contribution is -2.45. The third-order valence-corrected chi connectivity index (χ3v) is 4.80. The van der Waals surface area contributed by atoms with Gasteiger partial charge in [0.25, 0.3) is 0 Å². The van der Waals surface area contributed by atoms with Crippen molar-refractivity contribution in [2.75, 3.05) is 6.61 Å². The molecular formula is C20H20N2O4. The van der Waals surface area contributed by atoms with Gasteiger partial charge in [-0.3, -0.25) is 10.1 Å². The average Bonchev–Trinajstić information content (AvgIpc) is 3.02. The highest BCUT2D eigenvalue weighted by Gasteiger charge is 2.35. The standard InChI is InChI=1S/C20H20N2O4/c1-2-26-20(25)16-10-13-12-5-3-4-6-15(12)21-18(13)19(22-16)14-9-11(23)7-8-17(14)24/h3-9,16,19,21-24H,2,10H2,1H3/t16-,19?/m0/s1. The number of aromatic nitrogens is 1. The normalized spacial score (nSPS) is 19.3. The summed E-state index contributed by atoms with van der Waals surface area (Å²) in [7, 11) is 0. The molecule has 2 aromatic carbocycles. The van der Waals surface area contributed by atoms with Crippen LogP contribution < -0.4 is 5.32 Å². The first-order valence-corrected chi connectivity index (χ1v) is 8.62. The number of phenols is 2. The summed E-state index contributed by atoms with van der Waals surface area (Å²) in [5.74, 6) is -0.224. The first-order chi connectivity index (χ1) is 12.6. The third-order valence-electron chi connectivity index (χ3n) is 4.80. The SMILES string of the molecule is CCOC(=O)[C@@H]1Cc2c([nH]c3ccccc23)C(c2cc(O)ccc2O)N1. The number of H-pyrrole nitrogens is 1. The van der Waals surface area contributed by atoms with Gasteiger partial charge in [-0.25, -0.2) is 0 Å². The number of nitrogens with one attached hydrogen (secondary N) is 2. The van der Waals surface area contributed by atoms with E-state index in [0.29, 0.717) is 18.6 Å². The molecule has 0 aliphatic carbocycles. The van der Waals surface area contributed by atoms with Gasteiger partial charge in [0.2, 0.25) is 0 Å². The van der Waals surface area contributed by atoms with Crippen LogP contribution in [0.15, 0.2) is 42.5 Å². The number of carbonyl (C=O) groups is 1. The van der Waals surface area contributed by atoms with Crippen molar-refractivity contribution in [1.82, 2.24) is 10.3 Å². The molecule has 134 valence electrons. The number of aromatic amines is 1. The lowest BCUT2D eigenvalue weighted by Gasteiger charge is -2.30. The van der Waals surface area contributed by atoms with Crippen LogP contribution in [0.4, 0.5) is 0 Å². The van der Waals surface area contributed by atoms with E-state index in [1.165, 1.54) is 18.2 Å². The molecule has 6 nitrogen and oxygen atoms in total. The smallest absolute Gasteiger partial charge is 0.323 e. The van der Waals surface area contributed by atoms with Gasteiger partial charge in [0.05, 0.1) is 12.6 Å². The molecule has 3 aromatic rings. The lowest BCUT2D eigenvalue weighted by atomic mass is 9.90. The monoisotopic (exact) mass is 352 g/mol. The zero-order valence-corrected chi connectivity index (χ0v) is 14.3. The molecule has 1 aliphatic rings. The van der Waals surface area contributed by atoms with E-state index < -0.39 is 12.1 Å². The number of para-hydroxylation sites is 1. The molecule has 26 heavy (non-hydrogen) atoms. The van der Waals surface area contributed by atoms with Crippen molar-refractivity contribution < 1.29 is 19.7 Å². The number of benzene rings is 2. The van der Waals surface area contributed by atoms with Crippen molar-refractivity contribution in [3.05, 3.63) is 59.3 Å². The molecular weight excluding hydrogens is 332 g/mol. The number of ether oxygens (including phenoxy) is 1. The van der Waals surface area contributed by atoms with E-state index in [1.54, 1.807) is 6.92 Å². The van der Waals surface area contributed by atoms with Crippen molar-refractivity contribution in [3.8, 4) is 11.5 Å². The second-order valence-corrected chi connectivity index (χ2v) is 6.41. The van der Waals surface area contributed by atoms with Crippen LogP contribution in [0, 0.1) is 0 Å². The summed E-state index contributed by atoms with van der Waals surface area (Å²) < 4.78 is 5.20. The van der Waals surface area contributed by atoms with E-state index in [-0.39, 0.29) is 17.5 Å². The largest absolute Gasteiger partial charge is 0.508 e. The van der Waals surface area contributed by atoms with Crippen LogP contribution in [0.25, 0.3) is 10.9 Å². The number of esters is 1. The Morgan fingerprint density at radius 3 is 2.85 bits per heavy atom. The number of rotatable bonds is 3. The molecule has 2 heterocycles. The molecule has 6 heteroatoms. The van der Waals surface area contributed by atoms with E-state index in [9.17, 15) is 15.0 Å². The molecule has 0 saturated heterocycles. The summed E-state index contributed by atoms with van der Waals surface area (Å²) in [6.45, 7) is 2.08. The van der Waals surface area contributed by atoms with Crippen molar-refractivity contribution >= 4 is 16.9 Å². The molecule has 2 atom stereocenters. The Labute approximate surface area is 150 Å². The van der Waals surface area contributed by atoms with Gasteiger partial charge in [0.15, 0.2) is 0 Å². The van der Waals surface area contributed by atoms with Crippen LogP contribution in [-0.4, -0.2) is 33.8 Å². The Bertz CT molecular complexity index is 979. The zero-order chi connectivity index (χ0) is 18.3. The quantitative estimate of drug-likeness (QED) is 0.429. The van der Waals surface area contributed by atoms with Gasteiger partial charge < -0.3 is 19.9 Å². The fourth-order valence-corrected chi connectivity index (χ4v) is 3.65. The lowest BCUT2D eigenvalue weighted by molar-refractivity contribution is -0.146. The third kappa shape index (κ3) is 2.68. The fraction of sp³-hybridized carbons (Fsp3) is 0.250. The number of aromatic hydroxyl groups is 2. The first-order valence-electron chi connectivity index (χ1n) is 8.62. The molecule has 1 aromatic heterocycles. The molecule has 0 fully saturated rings. The summed E-state index contributed by atoms with van der Waals surface area (Å²) >= 11 is 0. The highest BCUT2D eigenvalue weighted by molar-refractivity contribution is 5.87. The average molecular weight is 352 g/mol. The maximum absolute atomic E-state index is 12.4. The van der Waals surface area contributed by atoms with Gasteiger partial charge in [-0.1, -0.05) is 18.2 Å². The maximum atomic E-state index is 12.4. The molecule has 0 amide bonds. The number of hydrogen-bond donors (Lipinski definition) is 4.